The number of hydrogen-bond donors (Lipinski definition) is 2. The normalized spacial score (nSPS) is 11.1. The van der Waals surface area contributed by atoms with Crippen LogP contribution in [0.3, 0.4) is 0 Å². The van der Waals surface area contributed by atoms with Gasteiger partial charge in [0.2, 0.25) is 0 Å². The highest BCUT2D eigenvalue weighted by Crippen LogP contribution is 2.39. The van der Waals surface area contributed by atoms with Gasteiger partial charge in [-0.2, -0.15) is 0 Å². The molecule has 152 valence electrons. The maximum atomic E-state index is 12.8. The van der Waals surface area contributed by atoms with Gasteiger partial charge in [-0.05, 0) is 41.0 Å². The molecule has 0 radical (unpaired) electrons. The molecule has 0 aliphatic rings. The Morgan fingerprint density at radius 2 is 1.68 bits per heavy atom. The SMILES string of the molecule is Cc1ccc(-c2csc(NC(=O)c3cc4ccccc4o3)c2C(=O)O)c2ccccc12. The fraction of sp³-hybridized carbons (Fsp3) is 0.0400. The molecule has 5 rings (SSSR count). The number of carbonyl (C=O) groups is 2. The molecule has 5 nitrogen and oxygen atoms in total. The van der Waals surface area contributed by atoms with Crippen LogP contribution in [-0.2, 0) is 0 Å². The third-order valence-corrected chi connectivity index (χ3v) is 6.21. The first-order valence-electron chi connectivity index (χ1n) is 9.66. The zero-order chi connectivity index (χ0) is 21.5. The van der Waals surface area contributed by atoms with E-state index in [-0.39, 0.29) is 16.3 Å². The molecule has 0 aliphatic heterocycles. The third kappa shape index (κ3) is 3.27. The van der Waals surface area contributed by atoms with E-state index in [0.29, 0.717) is 11.1 Å². The van der Waals surface area contributed by atoms with Crippen LogP contribution in [0, 0.1) is 6.92 Å². The van der Waals surface area contributed by atoms with Gasteiger partial charge in [0.25, 0.3) is 5.91 Å². The second-order valence-electron chi connectivity index (χ2n) is 7.24. The van der Waals surface area contributed by atoms with Crippen molar-refractivity contribution >= 4 is 50.0 Å². The van der Waals surface area contributed by atoms with Crippen molar-refractivity contribution in [3.05, 3.63) is 89.0 Å². The van der Waals surface area contributed by atoms with E-state index in [9.17, 15) is 14.7 Å². The fourth-order valence-electron chi connectivity index (χ4n) is 3.80. The topological polar surface area (TPSA) is 79.5 Å². The number of benzene rings is 3. The highest BCUT2D eigenvalue weighted by atomic mass is 32.1. The molecule has 0 atom stereocenters. The molecule has 2 heterocycles. The van der Waals surface area contributed by atoms with Gasteiger partial charge in [-0.25, -0.2) is 4.79 Å². The molecule has 1 amide bonds. The minimum atomic E-state index is -1.10. The molecule has 0 saturated heterocycles. The van der Waals surface area contributed by atoms with Crippen LogP contribution < -0.4 is 5.32 Å². The van der Waals surface area contributed by atoms with Gasteiger partial charge in [0.05, 0.1) is 0 Å². The monoisotopic (exact) mass is 427 g/mol. The molecular formula is C25H17NO4S. The van der Waals surface area contributed by atoms with E-state index in [4.69, 9.17) is 4.42 Å². The molecular weight excluding hydrogens is 410 g/mol. The minimum absolute atomic E-state index is 0.0727. The lowest BCUT2D eigenvalue weighted by Gasteiger charge is -2.10. The zero-order valence-electron chi connectivity index (χ0n) is 16.5. The Kier molecular flexibility index (Phi) is 4.56. The van der Waals surface area contributed by atoms with E-state index in [2.05, 4.69) is 5.32 Å². The van der Waals surface area contributed by atoms with E-state index in [1.165, 1.54) is 11.3 Å². The first-order valence-corrected chi connectivity index (χ1v) is 10.5. The van der Waals surface area contributed by atoms with Crippen molar-refractivity contribution in [2.75, 3.05) is 5.32 Å². The number of furan rings is 1. The number of amides is 1. The summed E-state index contributed by atoms with van der Waals surface area (Å²) >= 11 is 1.19. The van der Waals surface area contributed by atoms with Crippen LogP contribution in [0.1, 0.15) is 26.5 Å². The van der Waals surface area contributed by atoms with Gasteiger partial charge in [-0.3, -0.25) is 4.79 Å². The molecule has 3 aromatic carbocycles. The van der Waals surface area contributed by atoms with Crippen molar-refractivity contribution in [2.24, 2.45) is 0 Å². The Labute approximate surface area is 181 Å². The lowest BCUT2D eigenvalue weighted by Crippen LogP contribution is -2.12. The predicted molar refractivity (Wildman–Crippen MR) is 123 cm³/mol. The molecule has 0 saturated carbocycles. The number of thiophene rings is 1. The summed E-state index contributed by atoms with van der Waals surface area (Å²) in [6, 6.07) is 20.8. The van der Waals surface area contributed by atoms with Crippen molar-refractivity contribution in [2.45, 2.75) is 6.92 Å². The van der Waals surface area contributed by atoms with Crippen molar-refractivity contribution in [3.63, 3.8) is 0 Å². The van der Waals surface area contributed by atoms with Crippen LogP contribution in [0.5, 0.6) is 0 Å². The van der Waals surface area contributed by atoms with Gasteiger partial charge in [-0.15, -0.1) is 11.3 Å². The highest BCUT2D eigenvalue weighted by Gasteiger charge is 2.23. The molecule has 6 heteroatoms. The number of anilines is 1. The van der Waals surface area contributed by atoms with Crippen LogP contribution in [-0.4, -0.2) is 17.0 Å². The quantitative estimate of drug-likeness (QED) is 0.340. The van der Waals surface area contributed by atoms with Gasteiger partial charge in [0.1, 0.15) is 16.1 Å². The van der Waals surface area contributed by atoms with Crippen LogP contribution >= 0.6 is 11.3 Å². The Morgan fingerprint density at radius 3 is 2.45 bits per heavy atom. The number of carboxylic acids is 1. The Morgan fingerprint density at radius 1 is 0.935 bits per heavy atom. The minimum Gasteiger partial charge on any atom is -0.478 e. The molecule has 2 aromatic heterocycles. The molecule has 0 bridgehead atoms. The highest BCUT2D eigenvalue weighted by molar-refractivity contribution is 7.15. The third-order valence-electron chi connectivity index (χ3n) is 5.31. The maximum absolute atomic E-state index is 12.8. The van der Waals surface area contributed by atoms with Crippen molar-refractivity contribution < 1.29 is 19.1 Å². The van der Waals surface area contributed by atoms with Gasteiger partial charge in [0, 0.05) is 16.3 Å². The number of carboxylic acid groups (broad SMARTS) is 1. The second-order valence-corrected chi connectivity index (χ2v) is 8.12. The first-order chi connectivity index (χ1) is 15.0. The van der Waals surface area contributed by atoms with Crippen LogP contribution in [0.15, 0.2) is 76.5 Å². The van der Waals surface area contributed by atoms with Crippen molar-refractivity contribution in [1.82, 2.24) is 0 Å². The number of rotatable bonds is 4. The second kappa shape index (κ2) is 7.41. The summed E-state index contributed by atoms with van der Waals surface area (Å²) in [4.78, 5) is 24.9. The van der Waals surface area contributed by atoms with Crippen LogP contribution in [0.25, 0.3) is 32.9 Å². The Balaban J connectivity index is 1.57. The maximum Gasteiger partial charge on any atom is 0.339 e. The number of aromatic carboxylic acids is 1. The van der Waals surface area contributed by atoms with Gasteiger partial charge in [-0.1, -0.05) is 54.6 Å². The summed E-state index contributed by atoms with van der Waals surface area (Å²) in [6.45, 7) is 2.02. The molecule has 0 spiro atoms. The van der Waals surface area contributed by atoms with Crippen molar-refractivity contribution in [3.8, 4) is 11.1 Å². The number of nitrogens with one attached hydrogen (secondary N) is 1. The lowest BCUT2D eigenvalue weighted by molar-refractivity contribution is 0.0699. The summed E-state index contributed by atoms with van der Waals surface area (Å²) in [5, 5.41) is 17.6. The summed E-state index contributed by atoms with van der Waals surface area (Å²) in [6.07, 6.45) is 0. The zero-order valence-corrected chi connectivity index (χ0v) is 17.3. The summed E-state index contributed by atoms with van der Waals surface area (Å²) in [5.74, 6) is -1.45. The summed E-state index contributed by atoms with van der Waals surface area (Å²) < 4.78 is 5.61. The van der Waals surface area contributed by atoms with Crippen LogP contribution in [0.4, 0.5) is 5.00 Å². The molecule has 0 fully saturated rings. The number of para-hydroxylation sites is 1. The van der Waals surface area contributed by atoms with Crippen LogP contribution in [0.2, 0.25) is 0 Å². The number of hydrogen-bond acceptors (Lipinski definition) is 4. The molecule has 2 N–H and O–H groups in total. The largest absolute Gasteiger partial charge is 0.478 e. The fourth-order valence-corrected chi connectivity index (χ4v) is 4.75. The van der Waals surface area contributed by atoms with E-state index < -0.39 is 11.9 Å². The summed E-state index contributed by atoms with van der Waals surface area (Å²) in [7, 11) is 0. The van der Waals surface area contributed by atoms with E-state index in [1.807, 2.05) is 61.5 Å². The van der Waals surface area contributed by atoms with E-state index in [0.717, 1.165) is 27.3 Å². The standard InChI is InChI=1S/C25H17NO4S/c1-14-10-11-18(17-8-4-3-7-16(14)17)19-13-31-24(22(19)25(28)29)26-23(27)21-12-15-6-2-5-9-20(15)30-21/h2-13H,1H3,(H,26,27)(H,28,29). The summed E-state index contributed by atoms with van der Waals surface area (Å²) in [5.41, 5.74) is 3.19. The Hall–Kier alpha value is -3.90. The molecule has 0 aliphatic carbocycles. The first kappa shape index (κ1) is 19.1. The van der Waals surface area contributed by atoms with Crippen molar-refractivity contribution in [1.29, 1.82) is 0 Å². The molecule has 0 unspecified atom stereocenters. The lowest BCUT2D eigenvalue weighted by atomic mass is 9.95. The van der Waals surface area contributed by atoms with E-state index >= 15 is 0 Å². The van der Waals surface area contributed by atoms with E-state index in [1.54, 1.807) is 17.5 Å². The Bertz CT molecular complexity index is 1440. The molecule has 5 aromatic rings. The predicted octanol–water partition coefficient (Wildman–Crippen LogP) is 6.57. The van der Waals surface area contributed by atoms with Gasteiger partial charge >= 0.3 is 5.97 Å². The average molecular weight is 427 g/mol. The number of carbonyl (C=O) groups excluding carboxylic acids is 1. The number of fused-ring (bicyclic) bond motifs is 2. The van der Waals surface area contributed by atoms with Gasteiger partial charge < -0.3 is 14.8 Å². The smallest absolute Gasteiger partial charge is 0.339 e. The van der Waals surface area contributed by atoms with Gasteiger partial charge in [0.15, 0.2) is 5.76 Å². The average Bonchev–Trinajstić information content (AvgIpc) is 3.38. The molecule has 31 heavy (non-hydrogen) atoms. The number of aryl methyl sites for hydroxylation is 1.